The Bertz CT molecular complexity index is 689. The molecule has 0 aliphatic heterocycles. The molecule has 0 spiro atoms. The maximum atomic E-state index is 14.2. The molecule has 2 aromatic rings. The average molecular weight is 299 g/mol. The van der Waals surface area contributed by atoms with Crippen LogP contribution < -0.4 is 0 Å². The van der Waals surface area contributed by atoms with Gasteiger partial charge in [-0.25, -0.2) is 13.8 Å². The highest BCUT2D eigenvalue weighted by atomic mass is 35.5. The van der Waals surface area contributed by atoms with Gasteiger partial charge in [0.2, 0.25) is 0 Å². The van der Waals surface area contributed by atoms with Crippen LogP contribution in [0.2, 0.25) is 0 Å². The molecule has 20 heavy (non-hydrogen) atoms. The summed E-state index contributed by atoms with van der Waals surface area (Å²) < 4.78 is 29.6. The Morgan fingerprint density at radius 1 is 1.20 bits per heavy atom. The predicted octanol–water partition coefficient (Wildman–Crippen LogP) is 4.66. The van der Waals surface area contributed by atoms with E-state index in [0.29, 0.717) is 11.3 Å². The molecular weight excluding hydrogens is 282 g/mol. The lowest BCUT2D eigenvalue weighted by Crippen LogP contribution is -2.06. The Morgan fingerprint density at radius 2 is 1.80 bits per heavy atom. The fourth-order valence-corrected chi connectivity index (χ4v) is 3.54. The molecule has 1 fully saturated rings. The lowest BCUT2D eigenvalue weighted by molar-refractivity contribution is 0.457. The molecule has 2 nitrogen and oxygen atoms in total. The molecule has 3 rings (SSSR count). The predicted molar refractivity (Wildman–Crippen MR) is 75.8 cm³/mol. The van der Waals surface area contributed by atoms with E-state index < -0.39 is 11.6 Å². The van der Waals surface area contributed by atoms with E-state index in [1.165, 1.54) is 6.07 Å². The summed E-state index contributed by atoms with van der Waals surface area (Å²) in [5, 5.41) is 0. The zero-order chi connectivity index (χ0) is 14.9. The largest absolute Gasteiger partial charge is 0.320 e. The lowest BCUT2D eigenvalue weighted by atomic mass is 10.0. The van der Waals surface area contributed by atoms with E-state index in [2.05, 4.69) is 32.7 Å². The number of halogens is 3. The van der Waals surface area contributed by atoms with Gasteiger partial charge in [0, 0.05) is 6.04 Å². The molecule has 1 heterocycles. The SMILES string of the molecule is CC1(C)C(n2c(CCl)nc3ccc(F)c(F)c32)C1(C)C. The van der Waals surface area contributed by atoms with Gasteiger partial charge in [0.15, 0.2) is 11.6 Å². The average Bonchev–Trinajstić information content (AvgIpc) is 2.69. The number of fused-ring (bicyclic) bond motifs is 1. The van der Waals surface area contributed by atoms with Gasteiger partial charge in [-0.3, -0.25) is 0 Å². The zero-order valence-electron chi connectivity index (χ0n) is 12.0. The third-order valence-corrected chi connectivity index (χ3v) is 5.38. The van der Waals surface area contributed by atoms with Crippen LogP contribution >= 0.6 is 11.6 Å². The fourth-order valence-electron chi connectivity index (χ4n) is 3.35. The van der Waals surface area contributed by atoms with Crippen LogP contribution in [-0.2, 0) is 5.88 Å². The van der Waals surface area contributed by atoms with Gasteiger partial charge >= 0.3 is 0 Å². The number of hydrogen-bond donors (Lipinski definition) is 0. The molecule has 1 aromatic heterocycles. The van der Waals surface area contributed by atoms with Gasteiger partial charge in [-0.15, -0.1) is 11.6 Å². The number of benzene rings is 1. The number of imidazole rings is 1. The molecule has 1 aliphatic rings. The summed E-state index contributed by atoms with van der Waals surface area (Å²) in [6.07, 6.45) is 0. The molecule has 0 radical (unpaired) electrons. The van der Waals surface area contributed by atoms with E-state index in [0.717, 1.165) is 6.07 Å². The quantitative estimate of drug-likeness (QED) is 0.737. The molecule has 5 heteroatoms. The van der Waals surface area contributed by atoms with Crippen molar-refractivity contribution in [2.24, 2.45) is 10.8 Å². The minimum atomic E-state index is -0.851. The van der Waals surface area contributed by atoms with Crippen molar-refractivity contribution in [3.05, 3.63) is 29.6 Å². The molecule has 1 aromatic carbocycles. The van der Waals surface area contributed by atoms with Crippen molar-refractivity contribution in [2.45, 2.75) is 39.6 Å². The molecule has 0 amide bonds. The Balaban J connectivity index is 2.33. The van der Waals surface area contributed by atoms with Crippen LogP contribution in [0.1, 0.15) is 39.6 Å². The normalized spacial score (nSPS) is 20.6. The highest BCUT2D eigenvalue weighted by molar-refractivity contribution is 6.16. The molecule has 0 atom stereocenters. The van der Waals surface area contributed by atoms with Gasteiger partial charge in [-0.1, -0.05) is 27.7 Å². The first-order valence-electron chi connectivity index (χ1n) is 6.64. The Labute approximate surface area is 121 Å². The van der Waals surface area contributed by atoms with Crippen molar-refractivity contribution < 1.29 is 8.78 Å². The molecule has 1 aliphatic carbocycles. The number of hydrogen-bond acceptors (Lipinski definition) is 1. The van der Waals surface area contributed by atoms with Gasteiger partial charge in [-0.2, -0.15) is 0 Å². The minimum absolute atomic E-state index is 0.0137. The fraction of sp³-hybridized carbons (Fsp3) is 0.533. The first-order valence-corrected chi connectivity index (χ1v) is 7.17. The molecular formula is C15H17ClF2N2. The highest BCUT2D eigenvalue weighted by Gasteiger charge is 2.66. The van der Waals surface area contributed by atoms with E-state index in [9.17, 15) is 8.78 Å². The van der Waals surface area contributed by atoms with E-state index >= 15 is 0 Å². The van der Waals surface area contributed by atoms with Crippen molar-refractivity contribution in [1.29, 1.82) is 0 Å². The summed E-state index contributed by atoms with van der Waals surface area (Å²) in [7, 11) is 0. The minimum Gasteiger partial charge on any atom is -0.320 e. The Morgan fingerprint density at radius 3 is 2.30 bits per heavy atom. The van der Waals surface area contributed by atoms with Crippen LogP contribution in [0.4, 0.5) is 8.78 Å². The molecule has 0 unspecified atom stereocenters. The van der Waals surface area contributed by atoms with Crippen LogP contribution in [-0.4, -0.2) is 9.55 Å². The number of alkyl halides is 1. The number of aromatic nitrogens is 2. The summed E-state index contributed by atoms with van der Waals surface area (Å²) >= 11 is 5.95. The van der Waals surface area contributed by atoms with Gasteiger partial charge in [0.05, 0.1) is 11.4 Å². The van der Waals surface area contributed by atoms with Crippen LogP contribution in [0.5, 0.6) is 0 Å². The molecule has 108 valence electrons. The first kappa shape index (κ1) is 13.8. The highest BCUT2D eigenvalue weighted by Crippen LogP contribution is 2.72. The number of nitrogens with zero attached hydrogens (tertiary/aromatic N) is 2. The molecule has 0 bridgehead atoms. The summed E-state index contributed by atoms with van der Waals surface area (Å²) in [4.78, 5) is 4.35. The molecule has 1 saturated carbocycles. The Kier molecular flexibility index (Phi) is 2.72. The monoisotopic (exact) mass is 298 g/mol. The van der Waals surface area contributed by atoms with E-state index in [-0.39, 0.29) is 28.3 Å². The van der Waals surface area contributed by atoms with E-state index in [1.54, 1.807) is 4.57 Å². The molecule has 0 saturated heterocycles. The van der Waals surface area contributed by atoms with Crippen molar-refractivity contribution in [1.82, 2.24) is 9.55 Å². The topological polar surface area (TPSA) is 17.8 Å². The van der Waals surface area contributed by atoms with Crippen LogP contribution in [0.3, 0.4) is 0 Å². The smallest absolute Gasteiger partial charge is 0.184 e. The Hall–Kier alpha value is -1.16. The number of rotatable bonds is 2. The first-order chi connectivity index (χ1) is 9.23. The van der Waals surface area contributed by atoms with E-state index in [4.69, 9.17) is 11.6 Å². The lowest BCUT2D eigenvalue weighted by Gasteiger charge is -2.10. The summed E-state index contributed by atoms with van der Waals surface area (Å²) in [5.74, 6) is -0.922. The van der Waals surface area contributed by atoms with Gasteiger partial charge in [-0.05, 0) is 23.0 Å². The summed E-state index contributed by atoms with van der Waals surface area (Å²) in [6.45, 7) is 8.49. The second-order valence-corrected chi connectivity index (χ2v) is 6.87. The van der Waals surface area contributed by atoms with Crippen LogP contribution in [0, 0.1) is 22.5 Å². The van der Waals surface area contributed by atoms with Crippen molar-refractivity contribution >= 4 is 22.6 Å². The second kappa shape index (κ2) is 3.94. The van der Waals surface area contributed by atoms with Crippen molar-refractivity contribution in [3.8, 4) is 0 Å². The van der Waals surface area contributed by atoms with Crippen molar-refractivity contribution in [3.63, 3.8) is 0 Å². The standard InChI is InChI=1S/C15H17ClF2N2/c1-14(2)13(15(14,3)4)20-10(7-16)19-9-6-5-8(17)11(18)12(9)20/h5-6,13H,7H2,1-4H3. The third-order valence-electron chi connectivity index (χ3n) is 5.14. The third kappa shape index (κ3) is 1.51. The molecule has 0 N–H and O–H groups in total. The van der Waals surface area contributed by atoms with Crippen molar-refractivity contribution in [2.75, 3.05) is 0 Å². The summed E-state index contributed by atoms with van der Waals surface area (Å²) in [6, 6.07) is 2.67. The van der Waals surface area contributed by atoms with Crippen LogP contribution in [0.15, 0.2) is 12.1 Å². The van der Waals surface area contributed by atoms with Crippen LogP contribution in [0.25, 0.3) is 11.0 Å². The zero-order valence-corrected chi connectivity index (χ0v) is 12.7. The summed E-state index contributed by atoms with van der Waals surface area (Å²) in [5.41, 5.74) is 0.655. The van der Waals surface area contributed by atoms with Gasteiger partial charge in [0.25, 0.3) is 0 Å². The maximum Gasteiger partial charge on any atom is 0.184 e. The van der Waals surface area contributed by atoms with E-state index in [1.807, 2.05) is 0 Å². The maximum absolute atomic E-state index is 14.2. The van der Waals surface area contributed by atoms with Gasteiger partial charge in [0.1, 0.15) is 11.3 Å². The van der Waals surface area contributed by atoms with Gasteiger partial charge < -0.3 is 4.57 Å². The second-order valence-electron chi connectivity index (χ2n) is 6.61.